The summed E-state index contributed by atoms with van der Waals surface area (Å²) < 4.78 is 23.9. The molecule has 2 aromatic rings. The van der Waals surface area contributed by atoms with E-state index in [1.165, 1.54) is 26.2 Å². The molecule has 1 aromatic heterocycles. The summed E-state index contributed by atoms with van der Waals surface area (Å²) in [5.74, 6) is 0.489. The van der Waals surface area contributed by atoms with Crippen molar-refractivity contribution in [3.8, 4) is 17.4 Å². The molecule has 1 aromatic carbocycles. The van der Waals surface area contributed by atoms with Crippen LogP contribution in [0.15, 0.2) is 42.6 Å². The van der Waals surface area contributed by atoms with E-state index in [0.717, 1.165) is 5.56 Å². The molecule has 1 N–H and O–H groups in total. The van der Waals surface area contributed by atoms with Crippen LogP contribution in [0.5, 0.6) is 17.4 Å². The highest BCUT2D eigenvalue weighted by atomic mass is 19.1. The Bertz CT molecular complexity index is 730. The van der Waals surface area contributed by atoms with Gasteiger partial charge in [0.25, 0.3) is 0 Å². The summed E-state index contributed by atoms with van der Waals surface area (Å²) in [7, 11) is 1.46. The third kappa shape index (κ3) is 5.39. The molecule has 0 radical (unpaired) electrons. The van der Waals surface area contributed by atoms with E-state index in [1.54, 1.807) is 18.3 Å². The number of hydrogen-bond acceptors (Lipinski definition) is 4. The van der Waals surface area contributed by atoms with E-state index in [-0.39, 0.29) is 11.9 Å². The second-order valence-corrected chi connectivity index (χ2v) is 5.21. The van der Waals surface area contributed by atoms with E-state index in [2.05, 4.69) is 10.3 Å². The first kappa shape index (κ1) is 17.5. The first-order valence-corrected chi connectivity index (χ1v) is 7.40. The van der Waals surface area contributed by atoms with E-state index in [1.807, 2.05) is 25.1 Å². The van der Waals surface area contributed by atoms with Gasteiger partial charge >= 0.3 is 0 Å². The Hall–Kier alpha value is -2.89. The Kier molecular flexibility index (Phi) is 5.89. The van der Waals surface area contributed by atoms with Crippen molar-refractivity contribution < 1.29 is 18.7 Å². The Morgan fingerprint density at radius 1 is 1.29 bits per heavy atom. The molecule has 6 heteroatoms. The van der Waals surface area contributed by atoms with Gasteiger partial charge in [0.2, 0.25) is 11.8 Å². The van der Waals surface area contributed by atoms with Crippen molar-refractivity contribution in [2.24, 2.45) is 0 Å². The predicted octanol–water partition coefficient (Wildman–Crippen LogP) is 3.56. The van der Waals surface area contributed by atoms with Crippen LogP contribution in [0.3, 0.4) is 0 Å². The number of aromatic nitrogens is 1. The van der Waals surface area contributed by atoms with Crippen LogP contribution in [-0.4, -0.2) is 24.0 Å². The van der Waals surface area contributed by atoms with Gasteiger partial charge < -0.3 is 14.8 Å². The zero-order valence-electron chi connectivity index (χ0n) is 13.7. The van der Waals surface area contributed by atoms with Crippen LogP contribution < -0.4 is 14.8 Å². The van der Waals surface area contributed by atoms with Crippen LogP contribution in [-0.2, 0) is 4.79 Å². The number of nitrogens with zero attached hydrogens (tertiary/aromatic N) is 1. The van der Waals surface area contributed by atoms with E-state index < -0.39 is 5.82 Å². The largest absolute Gasteiger partial charge is 0.497 e. The minimum atomic E-state index is -0.448. The molecule has 1 amide bonds. The van der Waals surface area contributed by atoms with Crippen LogP contribution in [0.1, 0.15) is 19.4 Å². The Morgan fingerprint density at radius 3 is 2.67 bits per heavy atom. The SMILES string of the molecule is COc1cc(F)cc(Oc2ccc(/C=C/[C@H](C)NC(C)=O)cn2)c1. The molecule has 0 aliphatic rings. The van der Waals surface area contributed by atoms with Crippen LogP contribution >= 0.6 is 0 Å². The number of benzene rings is 1. The molecule has 0 fully saturated rings. The second-order valence-electron chi connectivity index (χ2n) is 5.21. The van der Waals surface area contributed by atoms with Crippen molar-refractivity contribution >= 4 is 12.0 Å². The van der Waals surface area contributed by atoms with E-state index in [0.29, 0.717) is 17.4 Å². The van der Waals surface area contributed by atoms with Gasteiger partial charge in [0, 0.05) is 43.4 Å². The van der Waals surface area contributed by atoms with Crippen molar-refractivity contribution in [2.75, 3.05) is 7.11 Å². The minimum Gasteiger partial charge on any atom is -0.497 e. The van der Waals surface area contributed by atoms with Crippen LogP contribution in [0.25, 0.3) is 6.08 Å². The summed E-state index contributed by atoms with van der Waals surface area (Å²) in [4.78, 5) is 15.1. The molecule has 0 unspecified atom stereocenters. The molecule has 1 heterocycles. The van der Waals surface area contributed by atoms with Gasteiger partial charge in [0.1, 0.15) is 17.3 Å². The first-order valence-electron chi connectivity index (χ1n) is 7.40. The maximum Gasteiger partial charge on any atom is 0.219 e. The van der Waals surface area contributed by atoms with Gasteiger partial charge in [-0.1, -0.05) is 12.2 Å². The van der Waals surface area contributed by atoms with Gasteiger partial charge in [0.05, 0.1) is 7.11 Å². The average molecular weight is 330 g/mol. The van der Waals surface area contributed by atoms with E-state index in [9.17, 15) is 9.18 Å². The topological polar surface area (TPSA) is 60.5 Å². The highest BCUT2D eigenvalue weighted by Crippen LogP contribution is 2.25. The molecular weight excluding hydrogens is 311 g/mol. The Morgan fingerprint density at radius 2 is 2.04 bits per heavy atom. The van der Waals surface area contributed by atoms with Gasteiger partial charge in [-0.2, -0.15) is 0 Å². The van der Waals surface area contributed by atoms with Crippen LogP contribution in [0.4, 0.5) is 4.39 Å². The molecule has 1 atom stereocenters. The molecule has 2 rings (SSSR count). The molecule has 0 saturated carbocycles. The molecule has 0 spiro atoms. The Labute approximate surface area is 140 Å². The first-order chi connectivity index (χ1) is 11.5. The second kappa shape index (κ2) is 8.10. The quantitative estimate of drug-likeness (QED) is 0.880. The number of rotatable bonds is 6. The zero-order valence-corrected chi connectivity index (χ0v) is 13.7. The number of pyridine rings is 1. The number of hydrogen-bond donors (Lipinski definition) is 1. The molecule has 0 aliphatic heterocycles. The standard InChI is InChI=1S/C18H19FN2O3/c1-12(21-13(2)22)4-5-14-6-7-18(20-11-14)24-17-9-15(19)8-16(10-17)23-3/h4-12H,1-3H3,(H,21,22)/b5-4+/t12-/m0/s1. The lowest BCUT2D eigenvalue weighted by atomic mass is 10.2. The number of carbonyl (C=O) groups is 1. The van der Waals surface area contributed by atoms with Crippen LogP contribution in [0, 0.1) is 5.82 Å². The minimum absolute atomic E-state index is 0.0711. The third-order valence-electron chi connectivity index (χ3n) is 3.07. The van der Waals surface area contributed by atoms with Crippen molar-refractivity contribution in [3.05, 3.63) is 54.0 Å². The lowest BCUT2D eigenvalue weighted by Crippen LogP contribution is -2.28. The normalized spacial score (nSPS) is 12.0. The summed E-state index contributed by atoms with van der Waals surface area (Å²) in [6.45, 7) is 3.35. The number of carbonyl (C=O) groups excluding carboxylic acids is 1. The molecule has 0 aliphatic carbocycles. The van der Waals surface area contributed by atoms with Gasteiger partial charge in [-0.15, -0.1) is 0 Å². The predicted molar refractivity (Wildman–Crippen MR) is 89.6 cm³/mol. The van der Waals surface area contributed by atoms with E-state index in [4.69, 9.17) is 9.47 Å². The zero-order chi connectivity index (χ0) is 17.5. The highest BCUT2D eigenvalue weighted by Gasteiger charge is 2.04. The van der Waals surface area contributed by atoms with Crippen molar-refractivity contribution in [3.63, 3.8) is 0 Å². The average Bonchev–Trinajstić information content (AvgIpc) is 2.53. The summed E-state index contributed by atoms with van der Waals surface area (Å²) >= 11 is 0. The highest BCUT2D eigenvalue weighted by molar-refractivity contribution is 5.73. The van der Waals surface area contributed by atoms with Crippen LogP contribution in [0.2, 0.25) is 0 Å². The van der Waals surface area contributed by atoms with Crippen molar-refractivity contribution in [1.82, 2.24) is 10.3 Å². The van der Waals surface area contributed by atoms with Gasteiger partial charge in [-0.05, 0) is 18.6 Å². The van der Waals surface area contributed by atoms with Gasteiger partial charge in [0.15, 0.2) is 0 Å². The molecule has 24 heavy (non-hydrogen) atoms. The number of ether oxygens (including phenoxy) is 2. The number of methoxy groups -OCH3 is 1. The summed E-state index contributed by atoms with van der Waals surface area (Å²) in [6.07, 6.45) is 5.34. The van der Waals surface area contributed by atoms with E-state index >= 15 is 0 Å². The maximum atomic E-state index is 13.4. The fraction of sp³-hybridized carbons (Fsp3) is 0.222. The monoisotopic (exact) mass is 330 g/mol. The Balaban J connectivity index is 2.03. The fourth-order valence-corrected chi connectivity index (χ4v) is 2.01. The lowest BCUT2D eigenvalue weighted by molar-refractivity contribution is -0.119. The third-order valence-corrected chi connectivity index (χ3v) is 3.07. The maximum absolute atomic E-state index is 13.4. The molecule has 126 valence electrons. The van der Waals surface area contributed by atoms with Crippen molar-refractivity contribution in [1.29, 1.82) is 0 Å². The van der Waals surface area contributed by atoms with Crippen molar-refractivity contribution in [2.45, 2.75) is 19.9 Å². The molecule has 0 saturated heterocycles. The molecular formula is C18H19FN2O3. The fourth-order valence-electron chi connectivity index (χ4n) is 2.01. The van der Waals surface area contributed by atoms with Gasteiger partial charge in [-0.3, -0.25) is 4.79 Å². The lowest BCUT2D eigenvalue weighted by Gasteiger charge is -2.08. The number of amides is 1. The summed E-state index contributed by atoms with van der Waals surface area (Å²) in [6, 6.07) is 7.53. The van der Waals surface area contributed by atoms with Gasteiger partial charge in [-0.25, -0.2) is 9.37 Å². The molecule has 5 nitrogen and oxygen atoms in total. The number of nitrogens with one attached hydrogen (secondary N) is 1. The number of halogens is 1. The smallest absolute Gasteiger partial charge is 0.219 e. The molecule has 0 bridgehead atoms. The summed E-state index contributed by atoms with van der Waals surface area (Å²) in [5.41, 5.74) is 0.858. The summed E-state index contributed by atoms with van der Waals surface area (Å²) in [5, 5.41) is 2.75.